The Morgan fingerprint density at radius 2 is 1.96 bits per heavy atom. The van der Waals surface area contributed by atoms with E-state index >= 15 is 0 Å². The van der Waals surface area contributed by atoms with Gasteiger partial charge in [0.1, 0.15) is 11.9 Å². The fraction of sp³-hybridized carbons (Fsp3) is 0.381. The van der Waals surface area contributed by atoms with E-state index in [2.05, 4.69) is 21.9 Å². The number of aryl methyl sites for hydroxylation is 1. The molecule has 5 heteroatoms. The van der Waals surface area contributed by atoms with Crippen LogP contribution in [0.1, 0.15) is 18.1 Å². The number of anilines is 1. The van der Waals surface area contributed by atoms with E-state index in [-0.39, 0.29) is 17.8 Å². The van der Waals surface area contributed by atoms with Crippen molar-refractivity contribution in [2.24, 2.45) is 0 Å². The number of hydrogen-bond donors (Lipinski definition) is 0. The number of ether oxygens (including phenoxy) is 1. The zero-order valence-electron chi connectivity index (χ0n) is 15.3. The van der Waals surface area contributed by atoms with Crippen LogP contribution in [0.2, 0.25) is 0 Å². The molecule has 138 valence electrons. The van der Waals surface area contributed by atoms with Gasteiger partial charge in [-0.25, -0.2) is 4.39 Å². The summed E-state index contributed by atoms with van der Waals surface area (Å²) in [6, 6.07) is 14.6. The Balaban J connectivity index is 1.79. The molecule has 1 saturated heterocycles. The fourth-order valence-corrected chi connectivity index (χ4v) is 3.48. The molecule has 4 nitrogen and oxygen atoms in total. The van der Waals surface area contributed by atoms with E-state index in [0.717, 1.165) is 24.3 Å². The highest BCUT2D eigenvalue weighted by Crippen LogP contribution is 2.25. The topological polar surface area (TPSA) is 32.8 Å². The van der Waals surface area contributed by atoms with Gasteiger partial charge < -0.3 is 9.64 Å². The molecule has 3 rings (SSSR count). The number of hydrogen-bond acceptors (Lipinski definition) is 4. The van der Waals surface area contributed by atoms with Crippen molar-refractivity contribution in [1.29, 1.82) is 0 Å². The third-order valence-electron chi connectivity index (χ3n) is 4.78. The smallest absolute Gasteiger partial charge is 0.325 e. The Morgan fingerprint density at radius 1 is 1.19 bits per heavy atom. The highest BCUT2D eigenvalue weighted by molar-refractivity contribution is 5.77. The van der Waals surface area contributed by atoms with Crippen LogP contribution < -0.4 is 4.90 Å². The van der Waals surface area contributed by atoms with Crippen LogP contribution in [0.4, 0.5) is 10.1 Å². The Morgan fingerprint density at radius 3 is 2.65 bits per heavy atom. The monoisotopic (exact) mass is 356 g/mol. The molecule has 0 amide bonds. The summed E-state index contributed by atoms with van der Waals surface area (Å²) >= 11 is 0. The van der Waals surface area contributed by atoms with Gasteiger partial charge in [-0.2, -0.15) is 0 Å². The van der Waals surface area contributed by atoms with Crippen LogP contribution in [0.3, 0.4) is 0 Å². The number of piperazine rings is 1. The van der Waals surface area contributed by atoms with E-state index in [1.54, 1.807) is 6.07 Å². The average Bonchev–Trinajstić information content (AvgIpc) is 2.63. The highest BCUT2D eigenvalue weighted by atomic mass is 19.1. The van der Waals surface area contributed by atoms with Crippen molar-refractivity contribution >= 4 is 11.7 Å². The van der Waals surface area contributed by atoms with Crippen LogP contribution in [0.25, 0.3) is 0 Å². The van der Waals surface area contributed by atoms with E-state index in [9.17, 15) is 9.18 Å². The lowest BCUT2D eigenvalue weighted by atomic mass is 10.1. The number of esters is 1. The second-order valence-electron chi connectivity index (χ2n) is 6.60. The minimum Gasteiger partial charge on any atom is -0.465 e. The van der Waals surface area contributed by atoms with Crippen LogP contribution in [0.5, 0.6) is 0 Å². The van der Waals surface area contributed by atoms with Crippen molar-refractivity contribution < 1.29 is 13.9 Å². The first kappa shape index (κ1) is 18.4. The van der Waals surface area contributed by atoms with Gasteiger partial charge in [-0.3, -0.25) is 9.69 Å². The van der Waals surface area contributed by atoms with Crippen molar-refractivity contribution in [2.45, 2.75) is 26.4 Å². The summed E-state index contributed by atoms with van der Waals surface area (Å²) in [6.45, 7) is 6.87. The van der Waals surface area contributed by atoms with E-state index in [1.807, 2.05) is 32.0 Å². The summed E-state index contributed by atoms with van der Waals surface area (Å²) in [5.41, 5.74) is 3.03. The Bertz CT molecular complexity index is 751. The lowest BCUT2D eigenvalue weighted by Crippen LogP contribution is -2.56. The van der Waals surface area contributed by atoms with Crippen LogP contribution in [0.15, 0.2) is 48.5 Å². The average molecular weight is 356 g/mol. The summed E-state index contributed by atoms with van der Waals surface area (Å²) in [5, 5.41) is 0. The molecular weight excluding hydrogens is 331 g/mol. The Kier molecular flexibility index (Phi) is 5.89. The lowest BCUT2D eigenvalue weighted by molar-refractivity contribution is -0.150. The van der Waals surface area contributed by atoms with Gasteiger partial charge >= 0.3 is 5.97 Å². The number of halogens is 1. The fourth-order valence-electron chi connectivity index (χ4n) is 3.48. The van der Waals surface area contributed by atoms with Crippen molar-refractivity contribution in [3.8, 4) is 0 Å². The number of carbonyl (C=O) groups is 1. The van der Waals surface area contributed by atoms with Crippen LogP contribution >= 0.6 is 0 Å². The minimum atomic E-state index is -0.339. The molecule has 0 bridgehead atoms. The van der Waals surface area contributed by atoms with Crippen LogP contribution in [-0.2, 0) is 16.1 Å². The van der Waals surface area contributed by atoms with Gasteiger partial charge in [-0.05, 0) is 43.2 Å². The molecule has 2 aromatic carbocycles. The largest absolute Gasteiger partial charge is 0.465 e. The summed E-state index contributed by atoms with van der Waals surface area (Å²) < 4.78 is 18.7. The molecule has 1 heterocycles. The van der Waals surface area contributed by atoms with Gasteiger partial charge in [0.05, 0.1) is 6.61 Å². The molecule has 0 saturated carbocycles. The molecule has 0 radical (unpaired) electrons. The van der Waals surface area contributed by atoms with Gasteiger partial charge in [0.25, 0.3) is 0 Å². The molecule has 1 atom stereocenters. The minimum absolute atomic E-state index is 0.201. The van der Waals surface area contributed by atoms with Crippen molar-refractivity contribution in [3.63, 3.8) is 0 Å². The molecule has 0 spiro atoms. The zero-order valence-corrected chi connectivity index (χ0v) is 15.3. The highest BCUT2D eigenvalue weighted by Gasteiger charge is 2.34. The predicted octanol–water partition coefficient (Wildman–Crippen LogP) is 3.39. The quantitative estimate of drug-likeness (QED) is 0.769. The van der Waals surface area contributed by atoms with Crippen molar-refractivity contribution in [3.05, 3.63) is 65.5 Å². The first-order chi connectivity index (χ1) is 12.6. The summed E-state index contributed by atoms with van der Waals surface area (Å²) in [4.78, 5) is 16.9. The van der Waals surface area contributed by atoms with Crippen LogP contribution in [-0.4, -0.2) is 43.2 Å². The molecule has 26 heavy (non-hydrogen) atoms. The maximum absolute atomic E-state index is 13.4. The standard InChI is InChI=1S/C21H25FN2O2/c1-3-26-21(25)20-15-24(19-10-9-18(22)13-16(19)2)12-11-23(20)14-17-7-5-4-6-8-17/h4-10,13,20H,3,11-12,14-15H2,1-2H3. The van der Waals surface area contributed by atoms with Gasteiger partial charge in [0, 0.05) is 31.9 Å². The summed E-state index contributed by atoms with van der Waals surface area (Å²) in [5.74, 6) is -0.441. The zero-order chi connectivity index (χ0) is 18.5. The molecule has 1 unspecified atom stereocenters. The number of benzene rings is 2. The van der Waals surface area contributed by atoms with Crippen molar-refractivity contribution in [1.82, 2.24) is 4.90 Å². The third kappa shape index (κ3) is 4.22. The SMILES string of the molecule is CCOC(=O)C1CN(c2ccc(F)cc2C)CCN1Cc1ccccc1. The van der Waals surface area contributed by atoms with Crippen LogP contribution in [0, 0.1) is 12.7 Å². The maximum Gasteiger partial charge on any atom is 0.325 e. The Hall–Kier alpha value is -2.40. The number of carbonyl (C=O) groups excluding carboxylic acids is 1. The van der Waals surface area contributed by atoms with E-state index in [1.165, 1.54) is 17.7 Å². The van der Waals surface area contributed by atoms with E-state index < -0.39 is 0 Å². The Labute approximate surface area is 154 Å². The first-order valence-electron chi connectivity index (χ1n) is 9.04. The third-order valence-corrected chi connectivity index (χ3v) is 4.78. The molecular formula is C21H25FN2O2. The molecule has 0 aliphatic carbocycles. The molecule has 1 aliphatic rings. The number of nitrogens with zero attached hydrogens (tertiary/aromatic N) is 2. The van der Waals surface area contributed by atoms with Gasteiger partial charge in [0.2, 0.25) is 0 Å². The first-order valence-corrected chi connectivity index (χ1v) is 9.04. The van der Waals surface area contributed by atoms with E-state index in [4.69, 9.17) is 4.74 Å². The second-order valence-corrected chi connectivity index (χ2v) is 6.60. The molecule has 1 fully saturated rings. The molecule has 0 aromatic heterocycles. The maximum atomic E-state index is 13.4. The van der Waals surface area contributed by atoms with E-state index in [0.29, 0.717) is 19.7 Å². The second kappa shape index (κ2) is 8.32. The number of rotatable bonds is 5. The summed E-state index contributed by atoms with van der Waals surface area (Å²) in [6.07, 6.45) is 0. The van der Waals surface area contributed by atoms with Gasteiger partial charge in [-0.1, -0.05) is 30.3 Å². The van der Waals surface area contributed by atoms with Gasteiger partial charge in [-0.15, -0.1) is 0 Å². The predicted molar refractivity (Wildman–Crippen MR) is 101 cm³/mol. The lowest BCUT2D eigenvalue weighted by Gasteiger charge is -2.41. The molecule has 2 aromatic rings. The molecule has 0 N–H and O–H groups in total. The summed E-state index contributed by atoms with van der Waals surface area (Å²) in [7, 11) is 0. The normalized spacial score (nSPS) is 18.0. The van der Waals surface area contributed by atoms with Gasteiger partial charge in [0.15, 0.2) is 0 Å². The molecule has 1 aliphatic heterocycles. The van der Waals surface area contributed by atoms with Crippen molar-refractivity contribution in [2.75, 3.05) is 31.1 Å².